The van der Waals surface area contributed by atoms with Gasteiger partial charge in [0.25, 0.3) is 0 Å². The first-order valence-corrected chi connectivity index (χ1v) is 10.9. The van der Waals surface area contributed by atoms with Crippen LogP contribution in [0.2, 0.25) is 0 Å². The van der Waals surface area contributed by atoms with E-state index in [0.29, 0.717) is 17.5 Å². The number of aromatic nitrogens is 3. The molecule has 0 radical (unpaired) electrons. The van der Waals surface area contributed by atoms with Gasteiger partial charge in [0.05, 0.1) is 5.75 Å². The Balaban J connectivity index is 1.67. The lowest BCUT2D eigenvalue weighted by Crippen LogP contribution is -2.16. The number of rotatable bonds is 10. The van der Waals surface area contributed by atoms with E-state index < -0.39 is 0 Å². The first-order chi connectivity index (χ1) is 14.6. The van der Waals surface area contributed by atoms with Crippen molar-refractivity contribution in [2.75, 3.05) is 11.1 Å². The first-order valence-electron chi connectivity index (χ1n) is 9.88. The van der Waals surface area contributed by atoms with E-state index in [1.807, 2.05) is 66.1 Å². The van der Waals surface area contributed by atoms with Crippen molar-refractivity contribution in [1.82, 2.24) is 14.8 Å². The van der Waals surface area contributed by atoms with Crippen LogP contribution in [0.1, 0.15) is 31.3 Å². The van der Waals surface area contributed by atoms with Crippen LogP contribution in [0, 0.1) is 0 Å². The van der Waals surface area contributed by atoms with Crippen LogP contribution in [0.3, 0.4) is 0 Å². The SMILES string of the molecule is C=CCn1c(SCC(=O)Nc2ccccc2CC)nnc1C(C)Oc1ccccc1. The van der Waals surface area contributed by atoms with Crippen molar-refractivity contribution in [2.45, 2.75) is 38.1 Å². The van der Waals surface area contributed by atoms with E-state index in [0.717, 1.165) is 23.4 Å². The zero-order valence-electron chi connectivity index (χ0n) is 17.2. The fourth-order valence-corrected chi connectivity index (χ4v) is 3.79. The standard InChI is InChI=1S/C23H26N4O2S/c1-4-15-27-22(17(3)29-19-12-7-6-8-13-19)25-26-23(27)30-16-21(28)24-20-14-10-9-11-18(20)5-2/h4,6-14,17H,1,5,15-16H2,2-3H3,(H,24,28). The third kappa shape index (κ3) is 5.51. The molecule has 0 bridgehead atoms. The van der Waals surface area contributed by atoms with Gasteiger partial charge in [-0.1, -0.05) is 61.2 Å². The van der Waals surface area contributed by atoms with Crippen molar-refractivity contribution in [2.24, 2.45) is 0 Å². The van der Waals surface area contributed by atoms with Crippen LogP contribution in [-0.4, -0.2) is 26.4 Å². The van der Waals surface area contributed by atoms with Gasteiger partial charge in [-0.05, 0) is 37.1 Å². The van der Waals surface area contributed by atoms with Crippen LogP contribution < -0.4 is 10.1 Å². The van der Waals surface area contributed by atoms with Gasteiger partial charge in [-0.25, -0.2) is 0 Å². The van der Waals surface area contributed by atoms with Gasteiger partial charge in [0.15, 0.2) is 17.1 Å². The molecule has 0 aliphatic heterocycles. The maximum absolute atomic E-state index is 12.5. The number of hydrogen-bond donors (Lipinski definition) is 1. The molecule has 0 saturated carbocycles. The molecule has 0 fully saturated rings. The quantitative estimate of drug-likeness (QED) is 0.372. The summed E-state index contributed by atoms with van der Waals surface area (Å²) in [5.74, 6) is 1.62. The molecule has 3 aromatic rings. The summed E-state index contributed by atoms with van der Waals surface area (Å²) in [5, 5.41) is 12.2. The van der Waals surface area contributed by atoms with E-state index >= 15 is 0 Å². The van der Waals surface area contributed by atoms with Crippen LogP contribution in [0.15, 0.2) is 72.4 Å². The minimum atomic E-state index is -0.292. The number of thioether (sulfide) groups is 1. The Bertz CT molecular complexity index is 988. The van der Waals surface area contributed by atoms with Crippen molar-refractivity contribution in [3.05, 3.63) is 78.6 Å². The van der Waals surface area contributed by atoms with Gasteiger partial charge in [-0.15, -0.1) is 16.8 Å². The highest BCUT2D eigenvalue weighted by atomic mass is 32.2. The van der Waals surface area contributed by atoms with Crippen LogP contribution >= 0.6 is 11.8 Å². The molecule has 1 heterocycles. The third-order valence-electron chi connectivity index (χ3n) is 4.48. The molecule has 1 N–H and O–H groups in total. The Kier molecular flexibility index (Phi) is 7.68. The average Bonchev–Trinajstić information content (AvgIpc) is 3.16. The van der Waals surface area contributed by atoms with Crippen molar-refractivity contribution >= 4 is 23.4 Å². The number of nitrogens with zero attached hydrogens (tertiary/aromatic N) is 3. The molecule has 6 nitrogen and oxygen atoms in total. The van der Waals surface area contributed by atoms with Gasteiger partial charge in [-0.3, -0.25) is 9.36 Å². The summed E-state index contributed by atoms with van der Waals surface area (Å²) in [6.07, 6.45) is 2.35. The molecule has 0 spiro atoms. The van der Waals surface area contributed by atoms with Crippen LogP contribution in [-0.2, 0) is 17.8 Å². The van der Waals surface area contributed by atoms with Crippen molar-refractivity contribution in [3.8, 4) is 5.75 Å². The van der Waals surface area contributed by atoms with Gasteiger partial charge in [0, 0.05) is 12.2 Å². The lowest BCUT2D eigenvalue weighted by atomic mass is 10.1. The maximum Gasteiger partial charge on any atom is 0.234 e. The Morgan fingerprint density at radius 1 is 1.20 bits per heavy atom. The Hall–Kier alpha value is -3.06. The molecular formula is C23H26N4O2S. The second-order valence-electron chi connectivity index (χ2n) is 6.66. The van der Waals surface area contributed by atoms with Gasteiger partial charge in [-0.2, -0.15) is 0 Å². The van der Waals surface area contributed by atoms with E-state index in [4.69, 9.17) is 4.74 Å². The second kappa shape index (κ2) is 10.6. The van der Waals surface area contributed by atoms with E-state index in [1.54, 1.807) is 6.08 Å². The molecule has 1 amide bonds. The number of carbonyl (C=O) groups is 1. The first kappa shape index (κ1) is 21.6. The predicted molar refractivity (Wildman–Crippen MR) is 121 cm³/mol. The summed E-state index contributed by atoms with van der Waals surface area (Å²) in [4.78, 5) is 12.5. The van der Waals surface area contributed by atoms with Crippen LogP contribution in [0.25, 0.3) is 0 Å². The number of aryl methyl sites for hydroxylation is 1. The molecule has 156 valence electrons. The Labute approximate surface area is 181 Å². The van der Waals surface area contributed by atoms with E-state index in [2.05, 4.69) is 29.0 Å². The molecule has 3 rings (SSSR count). The molecule has 30 heavy (non-hydrogen) atoms. The number of hydrogen-bond acceptors (Lipinski definition) is 5. The summed E-state index contributed by atoms with van der Waals surface area (Å²) in [6, 6.07) is 17.4. The summed E-state index contributed by atoms with van der Waals surface area (Å²) >= 11 is 1.35. The summed E-state index contributed by atoms with van der Waals surface area (Å²) in [5.41, 5.74) is 1.96. The van der Waals surface area contributed by atoms with Crippen molar-refractivity contribution < 1.29 is 9.53 Å². The van der Waals surface area contributed by atoms with Gasteiger partial charge in [0.2, 0.25) is 5.91 Å². The predicted octanol–water partition coefficient (Wildman–Crippen LogP) is 4.90. The largest absolute Gasteiger partial charge is 0.483 e. The highest BCUT2D eigenvalue weighted by Crippen LogP contribution is 2.25. The Morgan fingerprint density at radius 2 is 1.93 bits per heavy atom. The lowest BCUT2D eigenvalue weighted by Gasteiger charge is -2.15. The summed E-state index contributed by atoms with van der Waals surface area (Å²) in [7, 11) is 0. The molecule has 7 heteroatoms. The van der Waals surface area contributed by atoms with Crippen LogP contribution in [0.5, 0.6) is 5.75 Å². The molecule has 1 unspecified atom stereocenters. The monoisotopic (exact) mass is 422 g/mol. The molecule has 0 aliphatic carbocycles. The fourth-order valence-electron chi connectivity index (χ4n) is 3.03. The summed E-state index contributed by atoms with van der Waals surface area (Å²) in [6.45, 7) is 8.36. The van der Waals surface area contributed by atoms with E-state index in [9.17, 15) is 4.79 Å². The van der Waals surface area contributed by atoms with Crippen molar-refractivity contribution in [3.63, 3.8) is 0 Å². The number of carbonyl (C=O) groups excluding carboxylic acids is 1. The van der Waals surface area contributed by atoms with Gasteiger partial charge >= 0.3 is 0 Å². The molecule has 0 saturated heterocycles. The topological polar surface area (TPSA) is 69.0 Å². The minimum Gasteiger partial charge on any atom is -0.483 e. The smallest absolute Gasteiger partial charge is 0.234 e. The normalized spacial score (nSPS) is 11.7. The summed E-state index contributed by atoms with van der Waals surface area (Å²) < 4.78 is 7.91. The van der Waals surface area contributed by atoms with Gasteiger partial charge < -0.3 is 10.1 Å². The number of benzene rings is 2. The zero-order chi connectivity index (χ0) is 21.3. The number of allylic oxidation sites excluding steroid dienone is 1. The highest BCUT2D eigenvalue weighted by molar-refractivity contribution is 7.99. The average molecular weight is 423 g/mol. The van der Waals surface area contributed by atoms with Gasteiger partial charge in [0.1, 0.15) is 5.75 Å². The number of amides is 1. The number of ether oxygens (including phenoxy) is 1. The second-order valence-corrected chi connectivity index (χ2v) is 7.60. The fraction of sp³-hybridized carbons (Fsp3) is 0.261. The molecule has 0 aliphatic rings. The third-order valence-corrected chi connectivity index (χ3v) is 5.45. The zero-order valence-corrected chi connectivity index (χ0v) is 18.1. The Morgan fingerprint density at radius 3 is 2.67 bits per heavy atom. The number of nitrogens with one attached hydrogen (secondary N) is 1. The molecular weight excluding hydrogens is 396 g/mol. The van der Waals surface area contributed by atoms with Crippen molar-refractivity contribution in [1.29, 1.82) is 0 Å². The molecule has 1 atom stereocenters. The minimum absolute atomic E-state index is 0.0795. The van der Waals surface area contributed by atoms with E-state index in [-0.39, 0.29) is 17.8 Å². The van der Waals surface area contributed by atoms with Crippen LogP contribution in [0.4, 0.5) is 5.69 Å². The lowest BCUT2D eigenvalue weighted by molar-refractivity contribution is -0.113. The number of para-hydroxylation sites is 2. The number of anilines is 1. The van der Waals surface area contributed by atoms with E-state index in [1.165, 1.54) is 11.8 Å². The maximum atomic E-state index is 12.5. The molecule has 2 aromatic carbocycles. The highest BCUT2D eigenvalue weighted by Gasteiger charge is 2.20. The molecule has 1 aromatic heterocycles.